The summed E-state index contributed by atoms with van der Waals surface area (Å²) < 4.78 is 12.6. The molecule has 180 valence electrons. The zero-order chi connectivity index (χ0) is 24.4. The van der Waals surface area contributed by atoms with Gasteiger partial charge in [0, 0.05) is 35.9 Å². The number of anilines is 1. The van der Waals surface area contributed by atoms with E-state index in [1.807, 2.05) is 19.9 Å². The van der Waals surface area contributed by atoms with E-state index < -0.39 is 17.1 Å². The first-order chi connectivity index (χ1) is 16.2. The van der Waals surface area contributed by atoms with Gasteiger partial charge in [0.05, 0.1) is 24.2 Å². The van der Waals surface area contributed by atoms with E-state index in [1.165, 1.54) is 5.69 Å². The van der Waals surface area contributed by atoms with E-state index in [9.17, 15) is 14.4 Å². The molecule has 4 rings (SSSR count). The zero-order valence-corrected chi connectivity index (χ0v) is 20.7. The van der Waals surface area contributed by atoms with E-state index >= 15 is 0 Å². The maximum atomic E-state index is 12.8. The van der Waals surface area contributed by atoms with E-state index in [0.29, 0.717) is 4.91 Å². The third-order valence-corrected chi connectivity index (χ3v) is 6.68. The minimum atomic E-state index is -0.600. The molecule has 0 aliphatic carbocycles. The van der Waals surface area contributed by atoms with Crippen molar-refractivity contribution in [3.63, 3.8) is 0 Å². The smallest absolute Gasteiger partial charge is 0.326 e. The second-order valence-electron chi connectivity index (χ2n) is 8.58. The number of imide groups is 1. The van der Waals surface area contributed by atoms with Crippen LogP contribution in [0, 0.1) is 13.8 Å². The quantitative estimate of drug-likeness (QED) is 0.455. The highest BCUT2D eigenvalue weighted by Gasteiger charge is 2.37. The van der Waals surface area contributed by atoms with Crippen LogP contribution >= 0.6 is 11.8 Å². The summed E-state index contributed by atoms with van der Waals surface area (Å²) in [5.74, 6) is -1.08. The normalized spacial score (nSPS) is 17.9. The molecule has 3 heterocycles. The number of thioether (sulfide) groups is 1. The molecule has 9 heteroatoms. The Morgan fingerprint density at radius 3 is 2.41 bits per heavy atom. The Labute approximate surface area is 203 Å². The average molecular weight is 484 g/mol. The summed E-state index contributed by atoms with van der Waals surface area (Å²) in [7, 11) is 0. The number of benzene rings is 1. The molecule has 1 aromatic carbocycles. The Morgan fingerprint density at radius 1 is 1.12 bits per heavy atom. The molecule has 0 atom stereocenters. The highest BCUT2D eigenvalue weighted by molar-refractivity contribution is 8.18. The number of ether oxygens (including phenoxy) is 2. The number of nitrogens with zero attached hydrogens (tertiary/aromatic N) is 3. The number of carbonyl (C=O) groups excluding carboxylic acids is 3. The van der Waals surface area contributed by atoms with E-state index in [0.717, 1.165) is 65.6 Å². The van der Waals surface area contributed by atoms with E-state index in [4.69, 9.17) is 9.47 Å². The van der Waals surface area contributed by atoms with Gasteiger partial charge >= 0.3 is 5.97 Å². The molecule has 2 fully saturated rings. The molecule has 8 nitrogen and oxygen atoms in total. The van der Waals surface area contributed by atoms with Crippen LogP contribution in [0.3, 0.4) is 0 Å². The first-order valence-corrected chi connectivity index (χ1v) is 12.1. The first-order valence-electron chi connectivity index (χ1n) is 11.3. The molecule has 2 saturated heterocycles. The van der Waals surface area contributed by atoms with Crippen molar-refractivity contribution in [1.82, 2.24) is 9.47 Å². The van der Waals surface area contributed by atoms with E-state index in [-0.39, 0.29) is 12.6 Å². The van der Waals surface area contributed by atoms with Crippen LogP contribution in [0.15, 0.2) is 35.2 Å². The molecule has 2 aliphatic rings. The fourth-order valence-corrected chi connectivity index (χ4v) is 5.00. The Morgan fingerprint density at radius 2 is 1.76 bits per heavy atom. The number of aromatic nitrogens is 1. The van der Waals surface area contributed by atoms with Crippen LogP contribution in [-0.4, -0.2) is 65.5 Å². The summed E-state index contributed by atoms with van der Waals surface area (Å²) in [5, 5.41) is -0.468. The van der Waals surface area contributed by atoms with Gasteiger partial charge in [-0.25, -0.2) is 0 Å². The second kappa shape index (κ2) is 10.1. The number of esters is 1. The van der Waals surface area contributed by atoms with Crippen molar-refractivity contribution in [2.45, 2.75) is 33.8 Å². The van der Waals surface area contributed by atoms with Crippen LogP contribution in [0.4, 0.5) is 10.5 Å². The van der Waals surface area contributed by atoms with Gasteiger partial charge in [-0.2, -0.15) is 0 Å². The molecular weight excluding hydrogens is 454 g/mol. The molecule has 0 saturated carbocycles. The van der Waals surface area contributed by atoms with Crippen molar-refractivity contribution in [2.24, 2.45) is 0 Å². The summed E-state index contributed by atoms with van der Waals surface area (Å²) in [5.41, 5.74) is 5.02. The van der Waals surface area contributed by atoms with Crippen molar-refractivity contribution in [1.29, 1.82) is 0 Å². The van der Waals surface area contributed by atoms with Crippen LogP contribution in [0.5, 0.6) is 0 Å². The van der Waals surface area contributed by atoms with Gasteiger partial charge in [0.25, 0.3) is 11.1 Å². The van der Waals surface area contributed by atoms with Gasteiger partial charge in [-0.15, -0.1) is 0 Å². The van der Waals surface area contributed by atoms with Gasteiger partial charge in [0.15, 0.2) is 0 Å². The van der Waals surface area contributed by atoms with Gasteiger partial charge in [-0.3, -0.25) is 19.3 Å². The standard InChI is InChI=1S/C25H29N3O5S/c1-16(2)33-23(29)15-27-24(30)22(34-25(27)31)14-19-13-17(3)28(18(19)4)21-7-5-20(6-8-21)26-9-11-32-12-10-26/h5-8,13-14,16H,9-12,15H2,1-4H3/b22-14-. The molecule has 2 aliphatic heterocycles. The summed E-state index contributed by atoms with van der Waals surface area (Å²) in [6.45, 7) is 10.3. The van der Waals surface area contributed by atoms with Crippen LogP contribution in [0.25, 0.3) is 11.8 Å². The fraction of sp³-hybridized carbons (Fsp3) is 0.400. The van der Waals surface area contributed by atoms with E-state index in [1.54, 1.807) is 19.9 Å². The molecule has 2 aromatic rings. The van der Waals surface area contributed by atoms with E-state index in [2.05, 4.69) is 33.7 Å². The maximum Gasteiger partial charge on any atom is 0.326 e. The highest BCUT2D eigenvalue weighted by atomic mass is 32.2. The maximum absolute atomic E-state index is 12.8. The minimum absolute atomic E-state index is 0.297. The van der Waals surface area contributed by atoms with Gasteiger partial charge in [-0.05, 0) is 81.4 Å². The molecule has 0 bridgehead atoms. The summed E-state index contributed by atoms with van der Waals surface area (Å²) in [4.78, 5) is 40.6. The van der Waals surface area contributed by atoms with Crippen LogP contribution < -0.4 is 4.90 Å². The lowest BCUT2D eigenvalue weighted by Gasteiger charge is -2.29. The number of rotatable bonds is 6. The first kappa shape index (κ1) is 24.1. The summed E-state index contributed by atoms with van der Waals surface area (Å²) in [6.07, 6.45) is 1.41. The lowest BCUT2D eigenvalue weighted by molar-refractivity contribution is -0.149. The van der Waals surface area contributed by atoms with Crippen molar-refractivity contribution in [2.75, 3.05) is 37.7 Å². The van der Waals surface area contributed by atoms with Gasteiger partial charge < -0.3 is 18.9 Å². The SMILES string of the molecule is Cc1cc(/C=C2\SC(=O)N(CC(=O)OC(C)C)C2=O)c(C)n1-c1ccc(N2CCOCC2)cc1. The number of aryl methyl sites for hydroxylation is 1. The summed E-state index contributed by atoms with van der Waals surface area (Å²) in [6, 6.07) is 10.4. The van der Waals surface area contributed by atoms with Gasteiger partial charge in [0.1, 0.15) is 6.54 Å². The molecular formula is C25H29N3O5S. The van der Waals surface area contributed by atoms with Crippen LogP contribution in [0.2, 0.25) is 0 Å². The number of amides is 2. The monoisotopic (exact) mass is 483 g/mol. The Bertz CT molecular complexity index is 1130. The van der Waals surface area contributed by atoms with Crippen molar-refractivity contribution in [3.05, 3.63) is 52.2 Å². The number of carbonyl (C=O) groups is 3. The third-order valence-electron chi connectivity index (χ3n) is 5.77. The predicted molar refractivity (Wildman–Crippen MR) is 132 cm³/mol. The predicted octanol–water partition coefficient (Wildman–Crippen LogP) is 3.92. The molecule has 2 amide bonds. The highest BCUT2D eigenvalue weighted by Crippen LogP contribution is 2.34. The lowest BCUT2D eigenvalue weighted by Crippen LogP contribution is -2.36. The second-order valence-corrected chi connectivity index (χ2v) is 9.58. The van der Waals surface area contributed by atoms with Gasteiger partial charge in [-0.1, -0.05) is 0 Å². The summed E-state index contributed by atoms with van der Waals surface area (Å²) >= 11 is 0.841. The minimum Gasteiger partial charge on any atom is -0.462 e. The van der Waals surface area contributed by atoms with Gasteiger partial charge in [0.2, 0.25) is 0 Å². The Balaban J connectivity index is 1.54. The van der Waals surface area contributed by atoms with Crippen LogP contribution in [-0.2, 0) is 19.1 Å². The lowest BCUT2D eigenvalue weighted by atomic mass is 10.2. The van der Waals surface area contributed by atoms with Crippen molar-refractivity contribution < 1.29 is 23.9 Å². The number of morpholine rings is 1. The largest absolute Gasteiger partial charge is 0.462 e. The molecule has 1 aromatic heterocycles. The molecule has 0 unspecified atom stereocenters. The van der Waals surface area contributed by atoms with Crippen molar-refractivity contribution >= 4 is 40.6 Å². The fourth-order valence-electron chi connectivity index (χ4n) is 4.17. The topological polar surface area (TPSA) is 81.1 Å². The molecule has 34 heavy (non-hydrogen) atoms. The Hall–Kier alpha value is -3.04. The molecule has 0 N–H and O–H groups in total. The Kier molecular flexibility index (Phi) is 7.13. The van der Waals surface area contributed by atoms with Crippen molar-refractivity contribution in [3.8, 4) is 5.69 Å². The molecule has 0 radical (unpaired) electrons. The molecule has 0 spiro atoms. The van der Waals surface area contributed by atoms with Crippen LogP contribution in [0.1, 0.15) is 30.8 Å². The third kappa shape index (κ3) is 5.05. The number of hydrogen-bond acceptors (Lipinski definition) is 7. The number of hydrogen-bond donors (Lipinski definition) is 0. The average Bonchev–Trinajstić information content (AvgIpc) is 3.23. The zero-order valence-electron chi connectivity index (χ0n) is 19.9.